The molecule has 1 aromatic heterocycles. The van der Waals surface area contributed by atoms with Gasteiger partial charge in [-0.05, 0) is 49.7 Å². The summed E-state index contributed by atoms with van der Waals surface area (Å²) >= 11 is 3.52. The molecule has 4 nitrogen and oxygen atoms in total. The number of halogens is 1. The number of nitrogens with one attached hydrogen (secondary N) is 1. The van der Waals surface area contributed by atoms with Crippen LogP contribution in [0.25, 0.3) is 0 Å². The Morgan fingerprint density at radius 1 is 1.47 bits per heavy atom. The van der Waals surface area contributed by atoms with E-state index in [1.807, 2.05) is 25.5 Å². The normalized spacial score (nSPS) is 14.9. The topological polar surface area (TPSA) is 50.1 Å². The molecule has 0 aliphatic heterocycles. The second-order valence-corrected chi connectivity index (χ2v) is 5.58. The molecular formula is C12H22BrN3O. The number of aliphatic hydroxyl groups is 1. The lowest BCUT2D eigenvalue weighted by Crippen LogP contribution is -2.49. The number of hydrogen-bond acceptors (Lipinski definition) is 3. The molecule has 1 atom stereocenters. The Kier molecular flexibility index (Phi) is 5.16. The highest BCUT2D eigenvalue weighted by molar-refractivity contribution is 9.10. The standard InChI is InChI=1S/C12H22BrN3O/c1-5-6-14-12(4,8-17)7-16-10(3)11(13)9(2)15-16/h14,17H,5-8H2,1-4H3. The Balaban J connectivity index is 2.83. The van der Waals surface area contributed by atoms with Crippen molar-refractivity contribution in [3.8, 4) is 0 Å². The molecule has 0 amide bonds. The predicted octanol–water partition coefficient (Wildman–Crippen LogP) is 2.01. The molecule has 0 saturated carbocycles. The molecule has 0 radical (unpaired) electrons. The van der Waals surface area contributed by atoms with Gasteiger partial charge < -0.3 is 10.4 Å². The molecule has 0 aromatic carbocycles. The fourth-order valence-corrected chi connectivity index (χ4v) is 2.03. The second kappa shape index (κ2) is 5.98. The van der Waals surface area contributed by atoms with E-state index in [1.54, 1.807) is 0 Å². The van der Waals surface area contributed by atoms with Gasteiger partial charge in [0.25, 0.3) is 0 Å². The van der Waals surface area contributed by atoms with Crippen molar-refractivity contribution in [2.24, 2.45) is 0 Å². The van der Waals surface area contributed by atoms with E-state index in [4.69, 9.17) is 0 Å². The largest absolute Gasteiger partial charge is 0.394 e. The lowest BCUT2D eigenvalue weighted by Gasteiger charge is -2.29. The van der Waals surface area contributed by atoms with Gasteiger partial charge in [0.15, 0.2) is 0 Å². The van der Waals surface area contributed by atoms with Crippen LogP contribution in [-0.4, -0.2) is 33.6 Å². The van der Waals surface area contributed by atoms with E-state index < -0.39 is 0 Å². The Morgan fingerprint density at radius 2 is 2.12 bits per heavy atom. The lowest BCUT2D eigenvalue weighted by molar-refractivity contribution is 0.152. The van der Waals surface area contributed by atoms with E-state index in [-0.39, 0.29) is 12.1 Å². The molecule has 0 aliphatic rings. The lowest BCUT2D eigenvalue weighted by atomic mass is 10.0. The van der Waals surface area contributed by atoms with Crippen LogP contribution in [0.1, 0.15) is 31.7 Å². The maximum atomic E-state index is 9.52. The summed E-state index contributed by atoms with van der Waals surface area (Å²) in [6.45, 7) is 9.81. The molecule has 1 heterocycles. The minimum Gasteiger partial charge on any atom is -0.394 e. The number of aromatic nitrogens is 2. The van der Waals surface area contributed by atoms with Crippen LogP contribution >= 0.6 is 15.9 Å². The van der Waals surface area contributed by atoms with E-state index in [1.165, 1.54) is 0 Å². The van der Waals surface area contributed by atoms with E-state index in [2.05, 4.69) is 33.3 Å². The SMILES string of the molecule is CCCNC(C)(CO)Cn1nc(C)c(Br)c1C. The van der Waals surface area contributed by atoms with Crippen LogP contribution in [0, 0.1) is 13.8 Å². The number of aliphatic hydroxyl groups excluding tert-OH is 1. The summed E-state index contributed by atoms with van der Waals surface area (Å²) in [5.41, 5.74) is 1.76. The van der Waals surface area contributed by atoms with Gasteiger partial charge in [-0.2, -0.15) is 5.10 Å². The summed E-state index contributed by atoms with van der Waals surface area (Å²) < 4.78 is 2.99. The highest BCUT2D eigenvalue weighted by Crippen LogP contribution is 2.21. The summed E-state index contributed by atoms with van der Waals surface area (Å²) in [7, 11) is 0. The third kappa shape index (κ3) is 3.53. The Morgan fingerprint density at radius 3 is 2.53 bits per heavy atom. The first-order chi connectivity index (χ1) is 7.93. The van der Waals surface area contributed by atoms with Gasteiger partial charge in [-0.3, -0.25) is 4.68 Å². The van der Waals surface area contributed by atoms with Crippen molar-refractivity contribution in [3.63, 3.8) is 0 Å². The van der Waals surface area contributed by atoms with Crippen LogP contribution in [0.15, 0.2) is 4.47 Å². The van der Waals surface area contributed by atoms with Crippen molar-refractivity contribution in [3.05, 3.63) is 15.9 Å². The quantitative estimate of drug-likeness (QED) is 0.845. The van der Waals surface area contributed by atoms with Gasteiger partial charge in [0.2, 0.25) is 0 Å². The molecule has 5 heteroatoms. The van der Waals surface area contributed by atoms with Gasteiger partial charge in [-0.25, -0.2) is 0 Å². The smallest absolute Gasteiger partial charge is 0.0738 e. The molecule has 1 aromatic rings. The first kappa shape index (κ1) is 14.7. The maximum absolute atomic E-state index is 9.52. The Hall–Kier alpha value is -0.390. The van der Waals surface area contributed by atoms with Gasteiger partial charge in [-0.15, -0.1) is 0 Å². The van der Waals surface area contributed by atoms with Crippen LogP contribution in [0.2, 0.25) is 0 Å². The van der Waals surface area contributed by atoms with Crippen molar-refractivity contribution in [1.29, 1.82) is 0 Å². The average Bonchev–Trinajstić information content (AvgIpc) is 2.54. The van der Waals surface area contributed by atoms with Gasteiger partial charge >= 0.3 is 0 Å². The van der Waals surface area contributed by atoms with Crippen molar-refractivity contribution >= 4 is 15.9 Å². The van der Waals surface area contributed by atoms with Gasteiger partial charge in [-0.1, -0.05) is 6.92 Å². The fraction of sp³-hybridized carbons (Fsp3) is 0.750. The van der Waals surface area contributed by atoms with E-state index >= 15 is 0 Å². The van der Waals surface area contributed by atoms with Gasteiger partial charge in [0.05, 0.1) is 28.9 Å². The highest BCUT2D eigenvalue weighted by atomic mass is 79.9. The van der Waals surface area contributed by atoms with Crippen molar-refractivity contribution < 1.29 is 5.11 Å². The predicted molar refractivity (Wildman–Crippen MR) is 73.2 cm³/mol. The number of rotatable bonds is 6. The minimum absolute atomic E-state index is 0.100. The maximum Gasteiger partial charge on any atom is 0.0738 e. The van der Waals surface area contributed by atoms with E-state index in [9.17, 15) is 5.11 Å². The van der Waals surface area contributed by atoms with Crippen molar-refractivity contribution in [1.82, 2.24) is 15.1 Å². The molecule has 0 bridgehead atoms. The molecule has 1 rings (SSSR count). The molecule has 2 N–H and O–H groups in total. The van der Waals surface area contributed by atoms with Crippen molar-refractivity contribution in [2.45, 2.75) is 46.2 Å². The van der Waals surface area contributed by atoms with Gasteiger partial charge in [0, 0.05) is 5.69 Å². The average molecular weight is 304 g/mol. The van der Waals surface area contributed by atoms with Crippen LogP contribution in [-0.2, 0) is 6.54 Å². The summed E-state index contributed by atoms with van der Waals surface area (Å²) in [6.07, 6.45) is 1.05. The van der Waals surface area contributed by atoms with E-state index in [0.29, 0.717) is 6.54 Å². The molecule has 1 unspecified atom stereocenters. The molecule has 0 aliphatic carbocycles. The first-order valence-electron chi connectivity index (χ1n) is 5.99. The molecule has 0 spiro atoms. The molecule has 17 heavy (non-hydrogen) atoms. The molecule has 0 fully saturated rings. The zero-order valence-corrected chi connectivity index (χ0v) is 12.6. The molecular weight excluding hydrogens is 282 g/mol. The van der Waals surface area contributed by atoms with Gasteiger partial charge in [0.1, 0.15) is 0 Å². The first-order valence-corrected chi connectivity index (χ1v) is 6.78. The molecule has 0 saturated heterocycles. The van der Waals surface area contributed by atoms with Crippen molar-refractivity contribution in [2.75, 3.05) is 13.2 Å². The zero-order chi connectivity index (χ0) is 13.1. The highest BCUT2D eigenvalue weighted by Gasteiger charge is 2.24. The van der Waals surface area contributed by atoms with E-state index in [0.717, 1.165) is 28.8 Å². The fourth-order valence-electron chi connectivity index (χ4n) is 1.75. The third-order valence-corrected chi connectivity index (χ3v) is 4.09. The summed E-state index contributed by atoms with van der Waals surface area (Å²) in [6, 6.07) is 0. The third-order valence-electron chi connectivity index (χ3n) is 2.94. The minimum atomic E-state index is -0.321. The van der Waals surface area contributed by atoms with Crippen LogP contribution in [0.5, 0.6) is 0 Å². The number of nitrogens with zero attached hydrogens (tertiary/aromatic N) is 2. The Bertz CT molecular complexity index is 378. The number of aryl methyl sites for hydroxylation is 1. The van der Waals surface area contributed by atoms with Crippen LogP contribution in [0.4, 0.5) is 0 Å². The Labute approximate surface area is 112 Å². The summed E-state index contributed by atoms with van der Waals surface area (Å²) in [5.74, 6) is 0. The monoisotopic (exact) mass is 303 g/mol. The zero-order valence-electron chi connectivity index (χ0n) is 11.0. The van der Waals surface area contributed by atoms with Crippen LogP contribution in [0.3, 0.4) is 0 Å². The summed E-state index contributed by atoms with van der Waals surface area (Å²) in [4.78, 5) is 0. The van der Waals surface area contributed by atoms with Crippen LogP contribution < -0.4 is 5.32 Å². The summed E-state index contributed by atoms with van der Waals surface area (Å²) in [5, 5.41) is 17.4. The second-order valence-electron chi connectivity index (χ2n) is 4.79. The molecule has 98 valence electrons. The number of hydrogen-bond donors (Lipinski definition) is 2.